The molecule has 84 valence electrons. The van der Waals surface area contributed by atoms with Gasteiger partial charge in [0.05, 0.1) is 0 Å². The number of aryl methyl sites for hydroxylation is 1. The number of hydrogen-bond acceptors (Lipinski definition) is 4. The third-order valence-electron chi connectivity index (χ3n) is 2.24. The molecule has 1 heterocycles. The van der Waals surface area contributed by atoms with Crippen molar-refractivity contribution in [2.75, 3.05) is 6.54 Å². The Morgan fingerprint density at radius 3 is 2.88 bits per heavy atom. The van der Waals surface area contributed by atoms with Crippen molar-refractivity contribution in [3.63, 3.8) is 0 Å². The zero-order chi connectivity index (χ0) is 11.5. The number of rotatable bonds is 3. The Balaban J connectivity index is 2.35. The summed E-state index contributed by atoms with van der Waals surface area (Å²) in [6, 6.07) is 5.78. The zero-order valence-corrected chi connectivity index (χ0v) is 10.5. The van der Waals surface area contributed by atoms with Crippen LogP contribution in [0.1, 0.15) is 10.6 Å². The molecule has 0 unspecified atom stereocenters. The first-order valence-corrected chi connectivity index (χ1v) is 6.19. The standard InChI is InChI=1S/C11H12ClN3S/c1-7-6-8(12)2-3-9(7)11-15-14-10(16-11)4-5-13/h2-3,6H,4-5,13H2,1H3. The van der Waals surface area contributed by atoms with Crippen LogP contribution in [-0.4, -0.2) is 16.7 Å². The molecule has 16 heavy (non-hydrogen) atoms. The molecule has 0 atom stereocenters. The van der Waals surface area contributed by atoms with E-state index in [0.717, 1.165) is 32.6 Å². The summed E-state index contributed by atoms with van der Waals surface area (Å²) < 4.78 is 0. The van der Waals surface area contributed by atoms with Gasteiger partial charge in [-0.2, -0.15) is 0 Å². The van der Waals surface area contributed by atoms with Gasteiger partial charge in [-0.15, -0.1) is 10.2 Å². The number of aromatic nitrogens is 2. The van der Waals surface area contributed by atoms with Crippen LogP contribution in [0.15, 0.2) is 18.2 Å². The van der Waals surface area contributed by atoms with E-state index >= 15 is 0 Å². The zero-order valence-electron chi connectivity index (χ0n) is 8.90. The number of benzene rings is 1. The molecule has 0 fully saturated rings. The highest BCUT2D eigenvalue weighted by Gasteiger charge is 2.08. The van der Waals surface area contributed by atoms with Gasteiger partial charge in [0.15, 0.2) is 0 Å². The van der Waals surface area contributed by atoms with Gasteiger partial charge in [0.1, 0.15) is 10.0 Å². The summed E-state index contributed by atoms with van der Waals surface area (Å²) >= 11 is 7.50. The number of halogens is 1. The molecule has 2 rings (SSSR count). The second-order valence-electron chi connectivity index (χ2n) is 3.50. The summed E-state index contributed by atoms with van der Waals surface area (Å²) in [5.74, 6) is 0. The Kier molecular flexibility index (Phi) is 3.53. The molecule has 0 saturated heterocycles. The summed E-state index contributed by atoms with van der Waals surface area (Å²) in [5, 5.41) is 10.9. The molecule has 0 radical (unpaired) electrons. The van der Waals surface area contributed by atoms with E-state index in [0.29, 0.717) is 6.54 Å². The average Bonchev–Trinajstić information content (AvgIpc) is 2.67. The fourth-order valence-electron chi connectivity index (χ4n) is 1.45. The Labute approximate surface area is 103 Å². The van der Waals surface area contributed by atoms with E-state index in [2.05, 4.69) is 10.2 Å². The molecule has 2 N–H and O–H groups in total. The minimum absolute atomic E-state index is 0.605. The lowest BCUT2D eigenvalue weighted by atomic mass is 10.1. The monoisotopic (exact) mass is 253 g/mol. The van der Waals surface area contributed by atoms with Crippen LogP contribution >= 0.6 is 22.9 Å². The van der Waals surface area contributed by atoms with Gasteiger partial charge in [-0.1, -0.05) is 29.0 Å². The molecule has 0 saturated carbocycles. The van der Waals surface area contributed by atoms with Crippen molar-refractivity contribution in [3.8, 4) is 10.6 Å². The van der Waals surface area contributed by atoms with E-state index in [9.17, 15) is 0 Å². The molecule has 1 aromatic carbocycles. The summed E-state index contributed by atoms with van der Waals surface area (Å²) in [6.07, 6.45) is 0.782. The van der Waals surface area contributed by atoms with E-state index in [1.807, 2.05) is 25.1 Å². The molecular weight excluding hydrogens is 242 g/mol. The van der Waals surface area contributed by atoms with E-state index in [1.165, 1.54) is 0 Å². The number of hydrogen-bond donors (Lipinski definition) is 1. The van der Waals surface area contributed by atoms with E-state index in [1.54, 1.807) is 11.3 Å². The average molecular weight is 254 g/mol. The van der Waals surface area contributed by atoms with Crippen LogP contribution in [0, 0.1) is 6.92 Å². The van der Waals surface area contributed by atoms with Crippen LogP contribution in [0.25, 0.3) is 10.6 Å². The minimum atomic E-state index is 0.605. The fraction of sp³-hybridized carbons (Fsp3) is 0.273. The van der Waals surface area contributed by atoms with E-state index < -0.39 is 0 Å². The van der Waals surface area contributed by atoms with Gasteiger partial charge in [0.2, 0.25) is 0 Å². The molecule has 0 aliphatic carbocycles. The second kappa shape index (κ2) is 4.91. The van der Waals surface area contributed by atoms with E-state index in [-0.39, 0.29) is 0 Å². The maximum absolute atomic E-state index is 5.91. The molecule has 5 heteroatoms. The SMILES string of the molecule is Cc1cc(Cl)ccc1-c1nnc(CCN)s1. The van der Waals surface area contributed by atoms with Gasteiger partial charge in [0.25, 0.3) is 0 Å². The molecule has 0 amide bonds. The lowest BCUT2D eigenvalue weighted by molar-refractivity contribution is 0.913. The van der Waals surface area contributed by atoms with Crippen molar-refractivity contribution in [1.29, 1.82) is 0 Å². The van der Waals surface area contributed by atoms with Gasteiger partial charge < -0.3 is 5.73 Å². The van der Waals surface area contributed by atoms with Crippen LogP contribution in [0.2, 0.25) is 5.02 Å². The predicted octanol–water partition coefficient (Wildman–Crippen LogP) is 2.67. The highest BCUT2D eigenvalue weighted by molar-refractivity contribution is 7.14. The summed E-state index contributed by atoms with van der Waals surface area (Å²) in [7, 11) is 0. The third kappa shape index (κ3) is 2.40. The Morgan fingerprint density at radius 1 is 1.38 bits per heavy atom. The highest BCUT2D eigenvalue weighted by Crippen LogP contribution is 2.28. The predicted molar refractivity (Wildman–Crippen MR) is 67.9 cm³/mol. The smallest absolute Gasteiger partial charge is 0.148 e. The molecule has 2 aromatic rings. The maximum Gasteiger partial charge on any atom is 0.148 e. The van der Waals surface area contributed by atoms with Crippen LogP contribution < -0.4 is 5.73 Å². The first-order valence-electron chi connectivity index (χ1n) is 4.99. The highest BCUT2D eigenvalue weighted by atomic mass is 35.5. The Bertz CT molecular complexity index is 496. The number of nitrogens with two attached hydrogens (primary N) is 1. The summed E-state index contributed by atoms with van der Waals surface area (Å²) in [5.41, 5.74) is 7.68. The lowest BCUT2D eigenvalue weighted by Gasteiger charge is -2.01. The van der Waals surface area contributed by atoms with Crippen LogP contribution in [-0.2, 0) is 6.42 Å². The first-order chi connectivity index (χ1) is 7.70. The molecule has 3 nitrogen and oxygen atoms in total. The first kappa shape index (κ1) is 11.5. The topological polar surface area (TPSA) is 51.8 Å². The van der Waals surface area contributed by atoms with Gasteiger partial charge in [-0.3, -0.25) is 0 Å². The van der Waals surface area contributed by atoms with Crippen molar-refractivity contribution >= 4 is 22.9 Å². The van der Waals surface area contributed by atoms with Crippen molar-refractivity contribution in [2.24, 2.45) is 5.73 Å². The maximum atomic E-state index is 5.91. The van der Waals surface area contributed by atoms with Crippen molar-refractivity contribution in [2.45, 2.75) is 13.3 Å². The van der Waals surface area contributed by atoms with Crippen molar-refractivity contribution in [3.05, 3.63) is 33.8 Å². The van der Waals surface area contributed by atoms with E-state index in [4.69, 9.17) is 17.3 Å². The second-order valence-corrected chi connectivity index (χ2v) is 5.00. The van der Waals surface area contributed by atoms with Gasteiger partial charge in [0, 0.05) is 17.0 Å². The lowest BCUT2D eigenvalue weighted by Crippen LogP contribution is -2.01. The summed E-state index contributed by atoms with van der Waals surface area (Å²) in [4.78, 5) is 0. The number of nitrogens with zero attached hydrogens (tertiary/aromatic N) is 2. The van der Waals surface area contributed by atoms with Gasteiger partial charge in [-0.25, -0.2) is 0 Å². The molecular formula is C11H12ClN3S. The summed E-state index contributed by atoms with van der Waals surface area (Å²) in [6.45, 7) is 2.62. The molecule has 1 aromatic heterocycles. The quantitative estimate of drug-likeness (QED) is 0.915. The Morgan fingerprint density at radius 2 is 2.19 bits per heavy atom. The molecule has 0 bridgehead atoms. The molecule has 0 aliphatic heterocycles. The fourth-order valence-corrected chi connectivity index (χ4v) is 2.63. The molecule has 0 spiro atoms. The Hall–Kier alpha value is -0.970. The largest absolute Gasteiger partial charge is 0.330 e. The van der Waals surface area contributed by atoms with Crippen LogP contribution in [0.4, 0.5) is 0 Å². The molecule has 0 aliphatic rings. The van der Waals surface area contributed by atoms with Gasteiger partial charge >= 0.3 is 0 Å². The van der Waals surface area contributed by atoms with Gasteiger partial charge in [-0.05, 0) is 31.2 Å². The third-order valence-corrected chi connectivity index (χ3v) is 3.50. The van der Waals surface area contributed by atoms with Crippen molar-refractivity contribution in [1.82, 2.24) is 10.2 Å². The minimum Gasteiger partial charge on any atom is -0.330 e. The van der Waals surface area contributed by atoms with Crippen LogP contribution in [0.5, 0.6) is 0 Å². The normalized spacial score (nSPS) is 10.7. The van der Waals surface area contributed by atoms with Crippen molar-refractivity contribution < 1.29 is 0 Å². The van der Waals surface area contributed by atoms with Crippen LogP contribution in [0.3, 0.4) is 0 Å².